The zero-order chi connectivity index (χ0) is 13.5. The van der Waals surface area contributed by atoms with E-state index >= 15 is 0 Å². The summed E-state index contributed by atoms with van der Waals surface area (Å²) in [4.78, 5) is 6.18. The first-order valence-electron chi connectivity index (χ1n) is 6.39. The van der Waals surface area contributed by atoms with Crippen LogP contribution < -0.4 is 0 Å². The highest BCUT2D eigenvalue weighted by molar-refractivity contribution is 14.1. The van der Waals surface area contributed by atoms with E-state index in [4.69, 9.17) is 4.98 Å². The Balaban J connectivity index is 1.95. The molecule has 98 valence electrons. The molecule has 2 nitrogen and oxygen atoms in total. The number of nitrogens with zero attached hydrogens (tertiary/aromatic N) is 2. The number of imidazole rings is 1. The predicted molar refractivity (Wildman–Crippen MR) is 91.3 cm³/mol. The van der Waals surface area contributed by atoms with Crippen molar-refractivity contribution >= 4 is 34.4 Å². The Bertz CT molecular complexity index is 780. The van der Waals surface area contributed by atoms with E-state index in [0.29, 0.717) is 0 Å². The third-order valence-electron chi connectivity index (χ3n) is 3.40. The Morgan fingerprint density at radius 3 is 2.60 bits per heavy atom. The normalized spacial score (nSPS) is 12.8. The van der Waals surface area contributed by atoms with Crippen molar-refractivity contribution in [2.24, 2.45) is 0 Å². The maximum absolute atomic E-state index is 4.85. The SMILES string of the molecule is Ic1c(-c2ccccc2)nc2n1-c1ccccc1SC2. The van der Waals surface area contributed by atoms with E-state index < -0.39 is 0 Å². The van der Waals surface area contributed by atoms with E-state index in [9.17, 15) is 0 Å². The molecule has 4 heteroatoms. The van der Waals surface area contributed by atoms with Crippen molar-refractivity contribution in [2.75, 3.05) is 0 Å². The average Bonchev–Trinajstić information content (AvgIpc) is 2.86. The molecule has 0 atom stereocenters. The van der Waals surface area contributed by atoms with Gasteiger partial charge in [-0.05, 0) is 34.7 Å². The van der Waals surface area contributed by atoms with Gasteiger partial charge in [0, 0.05) is 10.5 Å². The number of halogens is 1. The van der Waals surface area contributed by atoms with Crippen LogP contribution in [0.5, 0.6) is 0 Å². The lowest BCUT2D eigenvalue weighted by Gasteiger charge is -2.18. The number of para-hydroxylation sites is 1. The van der Waals surface area contributed by atoms with Crippen molar-refractivity contribution in [3.63, 3.8) is 0 Å². The summed E-state index contributed by atoms with van der Waals surface area (Å²) in [5.74, 6) is 2.07. The summed E-state index contributed by atoms with van der Waals surface area (Å²) in [7, 11) is 0. The van der Waals surface area contributed by atoms with Crippen molar-refractivity contribution < 1.29 is 0 Å². The number of hydrogen-bond acceptors (Lipinski definition) is 2. The molecule has 1 aliphatic rings. The fourth-order valence-corrected chi connectivity index (χ4v) is 4.40. The molecule has 0 radical (unpaired) electrons. The van der Waals surface area contributed by atoms with Crippen LogP contribution in [0, 0.1) is 3.70 Å². The van der Waals surface area contributed by atoms with Crippen molar-refractivity contribution in [2.45, 2.75) is 10.6 Å². The standard InChI is InChI=1S/C16H11IN2S/c17-16-15(11-6-2-1-3-7-11)18-14-10-20-13-9-5-4-8-12(13)19(14)16/h1-9H,10H2. The van der Waals surface area contributed by atoms with E-state index in [0.717, 1.165) is 17.3 Å². The van der Waals surface area contributed by atoms with Gasteiger partial charge in [0.2, 0.25) is 0 Å². The van der Waals surface area contributed by atoms with Gasteiger partial charge in [-0.3, -0.25) is 4.57 Å². The van der Waals surface area contributed by atoms with Crippen molar-refractivity contribution in [1.82, 2.24) is 9.55 Å². The van der Waals surface area contributed by atoms with Gasteiger partial charge in [-0.1, -0.05) is 42.5 Å². The number of fused-ring (bicyclic) bond motifs is 3. The van der Waals surface area contributed by atoms with Crippen LogP contribution in [0.15, 0.2) is 59.5 Å². The average molecular weight is 390 g/mol. The molecule has 20 heavy (non-hydrogen) atoms. The number of aromatic nitrogens is 2. The topological polar surface area (TPSA) is 17.8 Å². The third-order valence-corrected chi connectivity index (χ3v) is 5.45. The van der Waals surface area contributed by atoms with Crippen LogP contribution in [0.25, 0.3) is 16.9 Å². The Kier molecular flexibility index (Phi) is 3.07. The van der Waals surface area contributed by atoms with Crippen molar-refractivity contribution in [3.8, 4) is 16.9 Å². The van der Waals surface area contributed by atoms with Gasteiger partial charge in [-0.15, -0.1) is 11.8 Å². The minimum atomic E-state index is 0.930. The minimum absolute atomic E-state index is 0.930. The Hall–Kier alpha value is -1.27. The molecule has 0 N–H and O–H groups in total. The summed E-state index contributed by atoms with van der Waals surface area (Å²) in [6.07, 6.45) is 0. The maximum Gasteiger partial charge on any atom is 0.125 e. The number of benzene rings is 2. The van der Waals surface area contributed by atoms with Gasteiger partial charge in [0.05, 0.1) is 11.4 Å². The van der Waals surface area contributed by atoms with Crippen molar-refractivity contribution in [3.05, 3.63) is 64.1 Å². The second kappa shape index (κ2) is 4.93. The highest BCUT2D eigenvalue weighted by atomic mass is 127. The molecule has 0 aliphatic carbocycles. The molecule has 1 aromatic heterocycles. The van der Waals surface area contributed by atoms with Crippen LogP contribution in [-0.4, -0.2) is 9.55 Å². The second-order valence-corrected chi connectivity index (χ2v) is 6.66. The number of hydrogen-bond donors (Lipinski definition) is 0. The lowest BCUT2D eigenvalue weighted by molar-refractivity contribution is 0.905. The molecule has 0 amide bonds. The van der Waals surface area contributed by atoms with E-state index in [-0.39, 0.29) is 0 Å². The number of rotatable bonds is 1. The van der Waals surface area contributed by atoms with E-state index in [2.05, 4.69) is 75.7 Å². The Morgan fingerprint density at radius 1 is 1.00 bits per heavy atom. The molecule has 0 bridgehead atoms. The fourth-order valence-electron chi connectivity index (χ4n) is 2.47. The zero-order valence-electron chi connectivity index (χ0n) is 10.6. The summed E-state index contributed by atoms with van der Waals surface area (Å²) >= 11 is 4.27. The molecular weight excluding hydrogens is 379 g/mol. The molecule has 3 aromatic rings. The zero-order valence-corrected chi connectivity index (χ0v) is 13.6. The lowest BCUT2D eigenvalue weighted by Crippen LogP contribution is -2.07. The first-order chi connectivity index (χ1) is 9.84. The van der Waals surface area contributed by atoms with Gasteiger partial charge in [-0.25, -0.2) is 4.98 Å². The van der Waals surface area contributed by atoms with Gasteiger partial charge in [0.1, 0.15) is 15.2 Å². The molecule has 0 saturated heterocycles. The Labute approximate surface area is 135 Å². The molecular formula is C16H11IN2S. The molecule has 4 rings (SSSR count). The summed E-state index contributed by atoms with van der Waals surface area (Å²) in [6, 6.07) is 18.9. The van der Waals surface area contributed by atoms with E-state index in [1.165, 1.54) is 19.8 Å². The first kappa shape index (κ1) is 12.5. The predicted octanol–water partition coefficient (Wildman–Crippen LogP) is 4.75. The van der Waals surface area contributed by atoms with Crippen molar-refractivity contribution in [1.29, 1.82) is 0 Å². The van der Waals surface area contributed by atoms with Gasteiger partial charge in [0.15, 0.2) is 0 Å². The fraction of sp³-hybridized carbons (Fsp3) is 0.0625. The van der Waals surface area contributed by atoms with Crippen LogP contribution in [0.4, 0.5) is 0 Å². The van der Waals surface area contributed by atoms with E-state index in [1.54, 1.807) is 0 Å². The third kappa shape index (κ3) is 1.90. The van der Waals surface area contributed by atoms with Crippen LogP contribution >= 0.6 is 34.4 Å². The summed E-state index contributed by atoms with van der Waals surface area (Å²) in [6.45, 7) is 0. The molecule has 1 aliphatic heterocycles. The van der Waals surface area contributed by atoms with Gasteiger partial charge in [0.25, 0.3) is 0 Å². The van der Waals surface area contributed by atoms with Gasteiger partial charge >= 0.3 is 0 Å². The van der Waals surface area contributed by atoms with Gasteiger partial charge in [-0.2, -0.15) is 0 Å². The highest BCUT2D eigenvalue weighted by Gasteiger charge is 2.23. The summed E-state index contributed by atoms with van der Waals surface area (Å²) in [5.41, 5.74) is 3.51. The maximum atomic E-state index is 4.85. The smallest absolute Gasteiger partial charge is 0.125 e. The van der Waals surface area contributed by atoms with Crippen LogP contribution in [0.1, 0.15) is 5.82 Å². The molecule has 0 fully saturated rings. The lowest BCUT2D eigenvalue weighted by atomic mass is 10.2. The van der Waals surface area contributed by atoms with Crippen LogP contribution in [-0.2, 0) is 5.75 Å². The summed E-state index contributed by atoms with van der Waals surface area (Å²) < 4.78 is 3.48. The monoisotopic (exact) mass is 390 g/mol. The Morgan fingerprint density at radius 2 is 1.75 bits per heavy atom. The second-order valence-electron chi connectivity index (χ2n) is 4.63. The molecule has 0 saturated carbocycles. The van der Waals surface area contributed by atoms with E-state index in [1.807, 2.05) is 17.8 Å². The van der Waals surface area contributed by atoms with Crippen LogP contribution in [0.3, 0.4) is 0 Å². The molecule has 0 spiro atoms. The molecule has 0 unspecified atom stereocenters. The highest BCUT2D eigenvalue weighted by Crippen LogP contribution is 2.38. The first-order valence-corrected chi connectivity index (χ1v) is 8.46. The summed E-state index contributed by atoms with van der Waals surface area (Å²) in [5, 5.41) is 0. The van der Waals surface area contributed by atoms with Gasteiger partial charge < -0.3 is 0 Å². The van der Waals surface area contributed by atoms with Crippen LogP contribution in [0.2, 0.25) is 0 Å². The number of thioether (sulfide) groups is 1. The minimum Gasteiger partial charge on any atom is -0.289 e. The largest absolute Gasteiger partial charge is 0.289 e. The molecule has 2 aromatic carbocycles. The quantitative estimate of drug-likeness (QED) is 0.558. The molecule has 2 heterocycles.